The summed E-state index contributed by atoms with van der Waals surface area (Å²) in [5.41, 5.74) is 0.260. The standard InChI is InChI=1S/C17H26ClNO4Si/c1-17(2,3)24(4,5)23-11-10-14(16(21)22)19-15(20)12-8-6-7-9-13(12)18/h6-9,14H,10-11H2,1-5H3,(H,19,20)(H,21,22)/t14-/m0/s1. The summed E-state index contributed by atoms with van der Waals surface area (Å²) in [6.07, 6.45) is 0.206. The topological polar surface area (TPSA) is 75.6 Å². The van der Waals surface area contributed by atoms with E-state index in [1.807, 2.05) is 0 Å². The Morgan fingerprint density at radius 1 is 1.29 bits per heavy atom. The maximum atomic E-state index is 12.2. The zero-order chi connectivity index (χ0) is 18.5. The van der Waals surface area contributed by atoms with Crippen LogP contribution in [0.5, 0.6) is 0 Å². The van der Waals surface area contributed by atoms with E-state index in [2.05, 4.69) is 39.2 Å². The third-order valence-corrected chi connectivity index (χ3v) is 9.27. The van der Waals surface area contributed by atoms with E-state index in [4.69, 9.17) is 16.0 Å². The van der Waals surface area contributed by atoms with Crippen LogP contribution in [-0.4, -0.2) is 37.9 Å². The number of hydrogen-bond donors (Lipinski definition) is 2. The van der Waals surface area contributed by atoms with Gasteiger partial charge in [0.05, 0.1) is 10.6 Å². The molecule has 0 aliphatic carbocycles. The first kappa shape index (κ1) is 20.7. The van der Waals surface area contributed by atoms with Gasteiger partial charge in [-0.05, 0) is 30.3 Å². The summed E-state index contributed by atoms with van der Waals surface area (Å²) < 4.78 is 5.98. The fraction of sp³-hybridized carbons (Fsp3) is 0.529. The van der Waals surface area contributed by atoms with Gasteiger partial charge < -0.3 is 14.8 Å². The van der Waals surface area contributed by atoms with Gasteiger partial charge in [-0.3, -0.25) is 4.79 Å². The Morgan fingerprint density at radius 3 is 2.38 bits per heavy atom. The Hall–Kier alpha value is -1.37. The van der Waals surface area contributed by atoms with Crippen LogP contribution in [0.1, 0.15) is 37.6 Å². The number of benzene rings is 1. The monoisotopic (exact) mass is 371 g/mol. The fourth-order valence-corrected chi connectivity index (χ4v) is 3.07. The van der Waals surface area contributed by atoms with E-state index in [1.54, 1.807) is 24.3 Å². The summed E-state index contributed by atoms with van der Waals surface area (Å²) in [5.74, 6) is -1.59. The molecule has 2 N–H and O–H groups in total. The molecule has 0 saturated heterocycles. The van der Waals surface area contributed by atoms with Gasteiger partial charge in [-0.1, -0.05) is 44.5 Å². The molecule has 24 heavy (non-hydrogen) atoms. The molecule has 1 atom stereocenters. The molecule has 0 radical (unpaired) electrons. The van der Waals surface area contributed by atoms with Crippen LogP contribution in [0.4, 0.5) is 0 Å². The Kier molecular flexibility index (Phi) is 7.01. The number of carbonyl (C=O) groups is 2. The summed E-state index contributed by atoms with van der Waals surface area (Å²) in [7, 11) is -1.95. The van der Waals surface area contributed by atoms with Gasteiger partial charge in [0, 0.05) is 13.0 Å². The van der Waals surface area contributed by atoms with Crippen LogP contribution in [-0.2, 0) is 9.22 Å². The molecule has 1 rings (SSSR count). The molecule has 0 aromatic heterocycles. The van der Waals surface area contributed by atoms with Gasteiger partial charge in [-0.15, -0.1) is 0 Å². The maximum Gasteiger partial charge on any atom is 0.326 e. The van der Waals surface area contributed by atoms with Crippen LogP contribution >= 0.6 is 11.6 Å². The summed E-state index contributed by atoms with van der Waals surface area (Å²) in [4.78, 5) is 23.6. The molecule has 0 bridgehead atoms. The number of aliphatic carboxylic acids is 1. The highest BCUT2D eigenvalue weighted by molar-refractivity contribution is 6.74. The van der Waals surface area contributed by atoms with Crippen molar-refractivity contribution in [3.05, 3.63) is 34.9 Å². The number of hydrogen-bond acceptors (Lipinski definition) is 3. The summed E-state index contributed by atoms with van der Waals surface area (Å²) in [6.45, 7) is 10.8. The summed E-state index contributed by atoms with van der Waals surface area (Å²) in [6, 6.07) is 5.52. The first-order valence-electron chi connectivity index (χ1n) is 7.88. The lowest BCUT2D eigenvalue weighted by Crippen LogP contribution is -2.44. The third kappa shape index (κ3) is 5.61. The average molecular weight is 372 g/mol. The summed E-state index contributed by atoms with van der Waals surface area (Å²) >= 11 is 5.97. The number of nitrogens with one attached hydrogen (secondary N) is 1. The molecular formula is C17H26ClNO4Si. The number of carboxylic acid groups (broad SMARTS) is 1. The zero-order valence-corrected chi connectivity index (χ0v) is 16.6. The van der Waals surface area contributed by atoms with Gasteiger partial charge in [0.1, 0.15) is 6.04 Å². The van der Waals surface area contributed by atoms with Crippen molar-refractivity contribution in [1.82, 2.24) is 5.32 Å². The van der Waals surface area contributed by atoms with Gasteiger partial charge in [-0.2, -0.15) is 0 Å². The summed E-state index contributed by atoms with van der Waals surface area (Å²) in [5, 5.41) is 12.2. The highest BCUT2D eigenvalue weighted by Gasteiger charge is 2.37. The van der Waals surface area contributed by atoms with E-state index in [9.17, 15) is 14.7 Å². The molecule has 1 amide bonds. The quantitative estimate of drug-likeness (QED) is 0.712. The molecule has 1 aromatic carbocycles. The van der Waals surface area contributed by atoms with Gasteiger partial charge in [0.2, 0.25) is 0 Å². The Bertz CT molecular complexity index is 598. The van der Waals surface area contributed by atoms with Crippen molar-refractivity contribution >= 4 is 31.8 Å². The Morgan fingerprint density at radius 2 is 1.88 bits per heavy atom. The Labute approximate surface area is 149 Å². The van der Waals surface area contributed by atoms with Crippen LogP contribution in [0.15, 0.2) is 24.3 Å². The molecule has 0 heterocycles. The molecule has 1 aromatic rings. The van der Waals surface area contributed by atoms with Crippen LogP contribution in [0, 0.1) is 0 Å². The third-order valence-electron chi connectivity index (χ3n) is 4.40. The molecular weight excluding hydrogens is 346 g/mol. The predicted molar refractivity (Wildman–Crippen MR) is 98.1 cm³/mol. The van der Waals surface area contributed by atoms with E-state index >= 15 is 0 Å². The zero-order valence-electron chi connectivity index (χ0n) is 14.9. The van der Waals surface area contributed by atoms with E-state index < -0.39 is 26.2 Å². The number of carboxylic acids is 1. The van der Waals surface area contributed by atoms with E-state index in [0.717, 1.165) is 0 Å². The van der Waals surface area contributed by atoms with Gasteiger partial charge in [0.15, 0.2) is 8.32 Å². The minimum absolute atomic E-state index is 0.0481. The van der Waals surface area contributed by atoms with Crippen molar-refractivity contribution < 1.29 is 19.1 Å². The van der Waals surface area contributed by atoms with Crippen molar-refractivity contribution in [2.24, 2.45) is 0 Å². The van der Waals surface area contributed by atoms with E-state index in [-0.39, 0.29) is 28.7 Å². The van der Waals surface area contributed by atoms with Crippen LogP contribution in [0.2, 0.25) is 23.2 Å². The highest BCUT2D eigenvalue weighted by atomic mass is 35.5. The molecule has 0 saturated carbocycles. The molecule has 0 unspecified atom stereocenters. The van der Waals surface area contributed by atoms with Gasteiger partial charge >= 0.3 is 5.97 Å². The van der Waals surface area contributed by atoms with Crippen molar-refractivity contribution in [2.45, 2.75) is 51.4 Å². The smallest absolute Gasteiger partial charge is 0.326 e. The van der Waals surface area contributed by atoms with E-state index in [0.29, 0.717) is 0 Å². The normalized spacial score (nSPS) is 13.4. The van der Waals surface area contributed by atoms with Crippen LogP contribution < -0.4 is 5.32 Å². The second-order valence-electron chi connectivity index (χ2n) is 7.24. The number of halogens is 1. The lowest BCUT2D eigenvalue weighted by molar-refractivity contribution is -0.139. The predicted octanol–water partition coefficient (Wildman–Crippen LogP) is 3.93. The minimum Gasteiger partial charge on any atom is -0.480 e. The minimum atomic E-state index is -1.95. The van der Waals surface area contributed by atoms with E-state index in [1.165, 1.54) is 0 Å². The maximum absolute atomic E-state index is 12.2. The van der Waals surface area contributed by atoms with Gasteiger partial charge in [0.25, 0.3) is 5.91 Å². The molecule has 0 spiro atoms. The number of rotatable bonds is 7. The highest BCUT2D eigenvalue weighted by Crippen LogP contribution is 2.36. The van der Waals surface area contributed by atoms with Crippen LogP contribution in [0.25, 0.3) is 0 Å². The lowest BCUT2D eigenvalue weighted by atomic mass is 10.1. The largest absolute Gasteiger partial charge is 0.480 e. The number of carbonyl (C=O) groups excluding carboxylic acids is 1. The van der Waals surface area contributed by atoms with Crippen molar-refractivity contribution in [2.75, 3.05) is 6.61 Å². The number of amides is 1. The second kappa shape index (κ2) is 8.14. The lowest BCUT2D eigenvalue weighted by Gasteiger charge is -2.36. The van der Waals surface area contributed by atoms with Gasteiger partial charge in [-0.25, -0.2) is 4.79 Å². The van der Waals surface area contributed by atoms with Crippen molar-refractivity contribution in [1.29, 1.82) is 0 Å². The van der Waals surface area contributed by atoms with Crippen molar-refractivity contribution in [3.63, 3.8) is 0 Å². The molecule has 7 heteroatoms. The first-order chi connectivity index (χ1) is 11.0. The SMILES string of the molecule is CC(C)(C)[Si](C)(C)OCC[C@H](NC(=O)c1ccccc1Cl)C(=O)O. The Balaban J connectivity index is 2.68. The molecule has 134 valence electrons. The average Bonchev–Trinajstić information content (AvgIpc) is 2.45. The second-order valence-corrected chi connectivity index (χ2v) is 12.5. The van der Waals surface area contributed by atoms with Crippen LogP contribution in [0.3, 0.4) is 0 Å². The molecule has 0 aliphatic heterocycles. The first-order valence-corrected chi connectivity index (χ1v) is 11.2. The molecule has 0 aliphatic rings. The van der Waals surface area contributed by atoms with Crippen molar-refractivity contribution in [3.8, 4) is 0 Å². The molecule has 0 fully saturated rings. The fourth-order valence-electron chi connectivity index (χ4n) is 1.79. The molecule has 5 nitrogen and oxygen atoms in total.